The molecule has 6 heteroatoms. The first-order chi connectivity index (χ1) is 9.49. The molecule has 0 saturated carbocycles. The summed E-state index contributed by atoms with van der Waals surface area (Å²) >= 11 is 0. The van der Waals surface area contributed by atoms with E-state index in [0.717, 1.165) is 31.6 Å². The zero-order valence-electron chi connectivity index (χ0n) is 12.6. The molecule has 1 aromatic heterocycles. The number of aromatic nitrogens is 2. The Morgan fingerprint density at radius 2 is 1.75 bits per heavy atom. The highest BCUT2D eigenvalue weighted by molar-refractivity contribution is 7.89. The lowest BCUT2D eigenvalue weighted by Crippen LogP contribution is -2.12. The molecule has 1 rings (SSSR count). The summed E-state index contributed by atoms with van der Waals surface area (Å²) in [6.07, 6.45) is 10.6. The number of rotatable bonds is 10. The second-order valence-corrected chi connectivity index (χ2v) is 6.76. The molecule has 0 aromatic carbocycles. The average molecular weight is 301 g/mol. The molecule has 0 saturated heterocycles. The van der Waals surface area contributed by atoms with Gasteiger partial charge < -0.3 is 4.57 Å². The smallest absolute Gasteiger partial charge is 0.257 e. The van der Waals surface area contributed by atoms with Crippen molar-refractivity contribution in [3.05, 3.63) is 12.0 Å². The first-order valence-electron chi connectivity index (χ1n) is 7.57. The van der Waals surface area contributed by atoms with Crippen LogP contribution in [0.25, 0.3) is 0 Å². The third-order valence-corrected chi connectivity index (χ3v) is 4.13. The van der Waals surface area contributed by atoms with Crippen molar-refractivity contribution < 1.29 is 8.42 Å². The molecule has 0 unspecified atom stereocenters. The molecule has 0 aliphatic carbocycles. The van der Waals surface area contributed by atoms with Crippen LogP contribution in [-0.2, 0) is 23.0 Å². The molecule has 0 atom stereocenters. The molecule has 20 heavy (non-hydrogen) atoms. The predicted molar refractivity (Wildman–Crippen MR) is 81.0 cm³/mol. The van der Waals surface area contributed by atoms with Gasteiger partial charge in [0.25, 0.3) is 10.0 Å². The fraction of sp³-hybridized carbons (Fsp3) is 0.786. The third kappa shape index (κ3) is 5.63. The average Bonchev–Trinajstić information content (AvgIpc) is 2.77. The van der Waals surface area contributed by atoms with Crippen LogP contribution in [0.15, 0.2) is 11.2 Å². The van der Waals surface area contributed by atoms with Gasteiger partial charge >= 0.3 is 0 Å². The Kier molecular flexibility index (Phi) is 7.23. The summed E-state index contributed by atoms with van der Waals surface area (Å²) in [6, 6.07) is 0. The molecule has 0 aliphatic heterocycles. The fourth-order valence-corrected chi connectivity index (χ4v) is 2.75. The molecule has 2 N–H and O–H groups in total. The predicted octanol–water partition coefficient (Wildman–Crippen LogP) is 2.84. The molecule has 116 valence electrons. The van der Waals surface area contributed by atoms with Crippen LogP contribution < -0.4 is 5.14 Å². The fourth-order valence-electron chi connectivity index (χ4n) is 2.24. The third-order valence-electron chi connectivity index (χ3n) is 3.35. The van der Waals surface area contributed by atoms with E-state index in [1.807, 2.05) is 4.57 Å². The Morgan fingerprint density at radius 3 is 2.35 bits per heavy atom. The number of sulfonamides is 1. The van der Waals surface area contributed by atoms with Crippen molar-refractivity contribution in [3.8, 4) is 0 Å². The van der Waals surface area contributed by atoms with E-state index in [-0.39, 0.29) is 5.03 Å². The molecule has 1 heterocycles. The van der Waals surface area contributed by atoms with Gasteiger partial charge in [0.15, 0.2) is 5.03 Å². The van der Waals surface area contributed by atoms with Gasteiger partial charge in [0.1, 0.15) is 5.82 Å². The zero-order chi connectivity index (χ0) is 15.0. The maximum Gasteiger partial charge on any atom is 0.257 e. The largest absolute Gasteiger partial charge is 0.333 e. The quantitative estimate of drug-likeness (QED) is 0.675. The topological polar surface area (TPSA) is 78.0 Å². The molecule has 0 amide bonds. The number of hydrogen-bond donors (Lipinski definition) is 1. The van der Waals surface area contributed by atoms with E-state index in [1.165, 1.54) is 32.1 Å². The summed E-state index contributed by atoms with van der Waals surface area (Å²) < 4.78 is 24.7. The molecular formula is C14H27N3O2S. The molecule has 0 spiro atoms. The number of hydrogen-bond acceptors (Lipinski definition) is 3. The molecule has 0 fully saturated rings. The highest BCUT2D eigenvalue weighted by Gasteiger charge is 2.15. The number of nitrogens with zero attached hydrogens (tertiary/aromatic N) is 2. The Labute approximate surface area is 122 Å². The van der Waals surface area contributed by atoms with Crippen LogP contribution in [0.5, 0.6) is 0 Å². The summed E-state index contributed by atoms with van der Waals surface area (Å²) in [6.45, 7) is 5.08. The van der Waals surface area contributed by atoms with Crippen LogP contribution in [0, 0.1) is 0 Å². The second-order valence-electron chi connectivity index (χ2n) is 5.25. The van der Waals surface area contributed by atoms with E-state index in [1.54, 1.807) is 6.20 Å². The van der Waals surface area contributed by atoms with Gasteiger partial charge in [-0.1, -0.05) is 46.0 Å². The minimum absolute atomic E-state index is 0.00747. The lowest BCUT2D eigenvalue weighted by atomic mass is 10.1. The number of aryl methyl sites for hydroxylation is 2. The van der Waals surface area contributed by atoms with Crippen LogP contribution in [0.4, 0.5) is 0 Å². The van der Waals surface area contributed by atoms with Gasteiger partial charge in [-0.25, -0.2) is 18.5 Å². The zero-order valence-corrected chi connectivity index (χ0v) is 13.5. The molecule has 1 aromatic rings. The first-order valence-corrected chi connectivity index (χ1v) is 9.12. The Balaban J connectivity index is 2.57. The normalized spacial score (nSPS) is 11.9. The summed E-state index contributed by atoms with van der Waals surface area (Å²) in [5, 5.41) is 5.13. The van der Waals surface area contributed by atoms with E-state index in [0.29, 0.717) is 0 Å². The van der Waals surface area contributed by atoms with Gasteiger partial charge in [-0.2, -0.15) is 0 Å². The summed E-state index contributed by atoms with van der Waals surface area (Å²) in [4.78, 5) is 4.15. The maximum absolute atomic E-state index is 11.4. The minimum Gasteiger partial charge on any atom is -0.333 e. The second kappa shape index (κ2) is 8.42. The molecule has 0 radical (unpaired) electrons. The Hall–Kier alpha value is -0.880. The summed E-state index contributed by atoms with van der Waals surface area (Å²) in [5.74, 6) is 0.824. The van der Waals surface area contributed by atoms with Crippen molar-refractivity contribution in [2.75, 3.05) is 0 Å². The molecule has 0 bridgehead atoms. The number of nitrogens with two attached hydrogens (primary N) is 1. The van der Waals surface area contributed by atoms with Crippen LogP contribution in [-0.4, -0.2) is 18.0 Å². The SMILES string of the molecule is CCCCCCCCn1cc(S(N)(=O)=O)nc1CCC. The standard InChI is InChI=1S/C14H27N3O2S/c1-3-5-6-7-8-9-11-17-12-14(20(15,18)19)16-13(17)10-4-2/h12H,3-11H2,1-2H3,(H2,15,18,19). The van der Waals surface area contributed by atoms with Gasteiger partial charge in [-0.3, -0.25) is 0 Å². The lowest BCUT2D eigenvalue weighted by molar-refractivity contribution is 0.544. The summed E-state index contributed by atoms with van der Waals surface area (Å²) in [7, 11) is -3.70. The van der Waals surface area contributed by atoms with Gasteiger partial charge in [0.05, 0.1) is 0 Å². The highest BCUT2D eigenvalue weighted by Crippen LogP contribution is 2.12. The van der Waals surface area contributed by atoms with Crippen molar-refractivity contribution in [1.82, 2.24) is 9.55 Å². The van der Waals surface area contributed by atoms with Crippen molar-refractivity contribution in [2.45, 2.75) is 76.8 Å². The molecular weight excluding hydrogens is 274 g/mol. The highest BCUT2D eigenvalue weighted by atomic mass is 32.2. The van der Waals surface area contributed by atoms with Crippen LogP contribution in [0.2, 0.25) is 0 Å². The van der Waals surface area contributed by atoms with Gasteiger partial charge in [-0.15, -0.1) is 0 Å². The van der Waals surface area contributed by atoms with Gasteiger partial charge in [0, 0.05) is 19.2 Å². The van der Waals surface area contributed by atoms with Crippen molar-refractivity contribution in [1.29, 1.82) is 0 Å². The van der Waals surface area contributed by atoms with E-state index in [2.05, 4.69) is 18.8 Å². The number of unbranched alkanes of at least 4 members (excludes halogenated alkanes) is 5. The molecule has 0 aliphatic rings. The number of imidazole rings is 1. The van der Waals surface area contributed by atoms with Crippen LogP contribution >= 0.6 is 0 Å². The van der Waals surface area contributed by atoms with Crippen molar-refractivity contribution in [3.63, 3.8) is 0 Å². The van der Waals surface area contributed by atoms with Gasteiger partial charge in [0.2, 0.25) is 0 Å². The first kappa shape index (κ1) is 17.2. The molecule has 5 nitrogen and oxygen atoms in total. The monoisotopic (exact) mass is 301 g/mol. The van der Waals surface area contributed by atoms with E-state index >= 15 is 0 Å². The van der Waals surface area contributed by atoms with Crippen molar-refractivity contribution in [2.24, 2.45) is 5.14 Å². The van der Waals surface area contributed by atoms with Crippen molar-refractivity contribution >= 4 is 10.0 Å². The number of primary sulfonamides is 1. The Bertz CT molecular complexity index is 495. The van der Waals surface area contributed by atoms with E-state index in [9.17, 15) is 8.42 Å². The maximum atomic E-state index is 11.4. The Morgan fingerprint density at radius 1 is 1.10 bits per heavy atom. The lowest BCUT2D eigenvalue weighted by Gasteiger charge is -2.06. The van der Waals surface area contributed by atoms with E-state index in [4.69, 9.17) is 5.14 Å². The van der Waals surface area contributed by atoms with Crippen LogP contribution in [0.3, 0.4) is 0 Å². The van der Waals surface area contributed by atoms with Crippen LogP contribution in [0.1, 0.15) is 64.6 Å². The summed E-state index contributed by atoms with van der Waals surface area (Å²) in [5.41, 5.74) is 0. The minimum atomic E-state index is -3.70. The van der Waals surface area contributed by atoms with E-state index < -0.39 is 10.0 Å². The van der Waals surface area contributed by atoms with Gasteiger partial charge in [-0.05, 0) is 12.8 Å².